The van der Waals surface area contributed by atoms with Gasteiger partial charge < -0.3 is 4.74 Å². The maximum Gasteiger partial charge on any atom is 0.244 e. The maximum absolute atomic E-state index is 12.0. The van der Waals surface area contributed by atoms with Crippen LogP contribution in [0.25, 0.3) is 0 Å². The molecule has 1 amide bonds. The second-order valence-corrected chi connectivity index (χ2v) is 9.52. The van der Waals surface area contributed by atoms with E-state index in [1.54, 1.807) is 18.3 Å². The molecule has 4 nitrogen and oxygen atoms in total. The number of hydrogen-bond acceptors (Lipinski definition) is 3. The van der Waals surface area contributed by atoms with Gasteiger partial charge in [0.05, 0.1) is 19.8 Å². The Morgan fingerprint density at radius 3 is 2.03 bits per heavy atom. The fourth-order valence-electron chi connectivity index (χ4n) is 2.53. The van der Waals surface area contributed by atoms with Crippen LogP contribution in [-0.2, 0) is 17.8 Å². The Morgan fingerprint density at radius 1 is 0.933 bits per heavy atom. The van der Waals surface area contributed by atoms with E-state index in [9.17, 15) is 4.79 Å². The van der Waals surface area contributed by atoms with Crippen molar-refractivity contribution in [3.05, 3.63) is 94.5 Å². The van der Waals surface area contributed by atoms with E-state index >= 15 is 0 Å². The van der Waals surface area contributed by atoms with Crippen molar-refractivity contribution in [3.63, 3.8) is 0 Å². The van der Waals surface area contributed by atoms with Crippen molar-refractivity contribution in [1.29, 1.82) is 0 Å². The number of ether oxygens (including phenoxy) is 1. The van der Waals surface area contributed by atoms with Gasteiger partial charge in [-0.25, -0.2) is 5.43 Å². The van der Waals surface area contributed by atoms with Crippen molar-refractivity contribution in [2.75, 3.05) is 0 Å². The summed E-state index contributed by atoms with van der Waals surface area (Å²) in [5.74, 6) is 0.621. The molecule has 0 aliphatic rings. The summed E-state index contributed by atoms with van der Waals surface area (Å²) < 4.78 is 7.91. The molecule has 0 atom stereocenters. The summed E-state index contributed by atoms with van der Waals surface area (Å²) in [6, 6.07) is 18.6. The molecule has 3 aromatic rings. The molecule has 3 rings (SSSR count). The third-order valence-corrected chi connectivity index (χ3v) is 6.10. The van der Waals surface area contributed by atoms with Gasteiger partial charge in [-0.3, -0.25) is 4.79 Å². The summed E-state index contributed by atoms with van der Waals surface area (Å²) in [5.41, 5.74) is 5.33. The molecular weight excluding hydrogens is 649 g/mol. The number of rotatable bonds is 7. The van der Waals surface area contributed by atoms with E-state index in [2.05, 4.69) is 55.7 Å². The quantitative estimate of drug-likeness (QED) is 0.179. The minimum Gasteiger partial charge on any atom is -0.487 e. The number of benzene rings is 3. The van der Waals surface area contributed by atoms with Gasteiger partial charge in [-0.05, 0) is 98.3 Å². The Hall–Kier alpha value is -1.36. The molecule has 0 aliphatic heterocycles. The highest BCUT2D eigenvalue weighted by molar-refractivity contribution is 14.1. The minimum atomic E-state index is -0.194. The van der Waals surface area contributed by atoms with Crippen molar-refractivity contribution < 1.29 is 9.53 Å². The van der Waals surface area contributed by atoms with Gasteiger partial charge in [0.1, 0.15) is 12.4 Å². The molecule has 8 heteroatoms. The zero-order valence-electron chi connectivity index (χ0n) is 15.5. The zero-order chi connectivity index (χ0) is 21.5. The number of nitrogens with zero attached hydrogens (tertiary/aromatic N) is 1. The lowest BCUT2D eigenvalue weighted by Gasteiger charge is -2.11. The Bertz CT molecular complexity index is 1030. The third kappa shape index (κ3) is 7.11. The molecule has 3 aromatic carbocycles. The number of nitrogens with one attached hydrogen (secondary N) is 1. The predicted octanol–water partition coefficient (Wildman–Crippen LogP) is 6.47. The average Bonchev–Trinajstić information content (AvgIpc) is 2.70. The highest BCUT2D eigenvalue weighted by Crippen LogP contribution is 2.29. The average molecular weight is 665 g/mol. The van der Waals surface area contributed by atoms with Crippen LogP contribution in [0.15, 0.2) is 65.8 Å². The van der Waals surface area contributed by atoms with Gasteiger partial charge >= 0.3 is 0 Å². The van der Waals surface area contributed by atoms with E-state index in [0.717, 1.165) is 29.6 Å². The van der Waals surface area contributed by atoms with E-state index in [1.807, 2.05) is 48.5 Å². The van der Waals surface area contributed by atoms with Crippen molar-refractivity contribution in [2.45, 2.75) is 13.0 Å². The summed E-state index contributed by atoms with van der Waals surface area (Å²) in [4.78, 5) is 12.0. The van der Waals surface area contributed by atoms with Gasteiger partial charge in [-0.1, -0.05) is 47.5 Å². The molecule has 0 aromatic heterocycles. The summed E-state index contributed by atoms with van der Waals surface area (Å²) >= 11 is 16.2. The predicted molar refractivity (Wildman–Crippen MR) is 139 cm³/mol. The molecular formula is C22H16Cl2I2N2O2. The highest BCUT2D eigenvalue weighted by Gasteiger charge is 2.09. The molecule has 0 bridgehead atoms. The van der Waals surface area contributed by atoms with Gasteiger partial charge in [-0.15, -0.1) is 0 Å². The van der Waals surface area contributed by atoms with Gasteiger partial charge in [0.25, 0.3) is 0 Å². The van der Waals surface area contributed by atoms with Crippen LogP contribution >= 0.6 is 68.4 Å². The van der Waals surface area contributed by atoms with Crippen molar-refractivity contribution in [1.82, 2.24) is 5.43 Å². The maximum atomic E-state index is 12.0. The van der Waals surface area contributed by atoms with Crippen LogP contribution in [0, 0.1) is 7.14 Å². The Kier molecular flexibility index (Phi) is 8.79. The Morgan fingerprint density at radius 2 is 1.47 bits per heavy atom. The van der Waals surface area contributed by atoms with Crippen LogP contribution in [0.1, 0.15) is 16.7 Å². The zero-order valence-corrected chi connectivity index (χ0v) is 21.4. The molecule has 0 radical (unpaired) electrons. The first-order valence-electron chi connectivity index (χ1n) is 8.83. The number of halogens is 4. The first kappa shape index (κ1) is 23.3. The SMILES string of the molecule is O=C(Cc1ccc(Cl)cc1)N/N=C\c1cc(I)c(OCc2ccc(Cl)cc2)c(I)c1. The molecule has 30 heavy (non-hydrogen) atoms. The Labute approximate surface area is 212 Å². The molecule has 0 spiro atoms. The largest absolute Gasteiger partial charge is 0.487 e. The first-order chi connectivity index (χ1) is 14.4. The van der Waals surface area contributed by atoms with Gasteiger partial charge in [0.15, 0.2) is 0 Å². The standard InChI is InChI=1S/C22H16Cl2I2N2O2/c23-17-5-1-14(2-6-17)11-21(29)28-27-12-16-9-19(25)22(20(26)10-16)30-13-15-3-7-18(24)8-4-15/h1-10,12H,11,13H2,(H,28,29)/b27-12-. The van der Waals surface area contributed by atoms with E-state index < -0.39 is 0 Å². The lowest BCUT2D eigenvalue weighted by atomic mass is 10.1. The fraction of sp³-hybridized carbons (Fsp3) is 0.0909. The van der Waals surface area contributed by atoms with E-state index in [4.69, 9.17) is 27.9 Å². The normalized spacial score (nSPS) is 10.9. The number of amides is 1. The van der Waals surface area contributed by atoms with Crippen LogP contribution in [0.3, 0.4) is 0 Å². The molecule has 0 heterocycles. The summed E-state index contributed by atoms with van der Waals surface area (Å²) in [6.07, 6.45) is 1.86. The van der Waals surface area contributed by atoms with Crippen LogP contribution in [0.5, 0.6) is 5.75 Å². The van der Waals surface area contributed by atoms with Crippen LogP contribution in [0.4, 0.5) is 0 Å². The van der Waals surface area contributed by atoms with E-state index in [0.29, 0.717) is 16.7 Å². The van der Waals surface area contributed by atoms with Gasteiger partial charge in [0, 0.05) is 10.0 Å². The van der Waals surface area contributed by atoms with E-state index in [1.165, 1.54) is 0 Å². The number of hydrogen-bond donors (Lipinski definition) is 1. The molecule has 0 saturated heterocycles. The van der Waals surface area contributed by atoms with Crippen molar-refractivity contribution >= 4 is 80.5 Å². The van der Waals surface area contributed by atoms with E-state index in [-0.39, 0.29) is 12.3 Å². The second-order valence-electron chi connectivity index (χ2n) is 6.33. The molecule has 0 fully saturated rings. The van der Waals surface area contributed by atoms with Gasteiger partial charge in [-0.2, -0.15) is 5.10 Å². The van der Waals surface area contributed by atoms with Gasteiger partial charge in [0.2, 0.25) is 5.91 Å². The molecule has 0 unspecified atom stereocenters. The van der Waals surface area contributed by atoms with Crippen molar-refractivity contribution in [3.8, 4) is 5.75 Å². The van der Waals surface area contributed by atoms with Crippen molar-refractivity contribution in [2.24, 2.45) is 5.10 Å². The molecule has 154 valence electrons. The lowest BCUT2D eigenvalue weighted by molar-refractivity contribution is -0.120. The van der Waals surface area contributed by atoms with Crippen LogP contribution in [0.2, 0.25) is 10.0 Å². The fourth-order valence-corrected chi connectivity index (χ4v) is 4.91. The number of carbonyl (C=O) groups excluding carboxylic acids is 1. The molecule has 0 saturated carbocycles. The molecule has 1 N–H and O–H groups in total. The monoisotopic (exact) mass is 664 g/mol. The number of carbonyl (C=O) groups is 1. The first-order valence-corrected chi connectivity index (χ1v) is 11.7. The topological polar surface area (TPSA) is 50.7 Å². The lowest BCUT2D eigenvalue weighted by Crippen LogP contribution is -2.19. The van der Waals surface area contributed by atoms with Crippen LogP contribution in [-0.4, -0.2) is 12.1 Å². The summed E-state index contributed by atoms with van der Waals surface area (Å²) in [5, 5.41) is 5.40. The Balaban J connectivity index is 1.57. The summed E-state index contributed by atoms with van der Waals surface area (Å²) in [6.45, 7) is 0.456. The third-order valence-electron chi connectivity index (χ3n) is 4.00. The summed E-state index contributed by atoms with van der Waals surface area (Å²) in [7, 11) is 0. The highest BCUT2D eigenvalue weighted by atomic mass is 127. The molecule has 0 aliphatic carbocycles. The second kappa shape index (κ2) is 11.3. The van der Waals surface area contributed by atoms with Crippen LogP contribution < -0.4 is 10.2 Å². The number of hydrazone groups is 1. The minimum absolute atomic E-state index is 0.194. The smallest absolute Gasteiger partial charge is 0.244 e.